The number of hydrogen-bond acceptors (Lipinski definition) is 4. The molecule has 1 atom stereocenters. The second kappa shape index (κ2) is 7.57. The third kappa shape index (κ3) is 3.81. The molecular weight excluding hydrogens is 342 g/mol. The molecule has 1 saturated heterocycles. The van der Waals surface area contributed by atoms with E-state index in [-0.39, 0.29) is 23.1 Å². The van der Waals surface area contributed by atoms with Gasteiger partial charge in [-0.25, -0.2) is 5.10 Å². The fourth-order valence-electron chi connectivity index (χ4n) is 3.65. The number of nitrogens with one attached hydrogen (secondary N) is 2. The van der Waals surface area contributed by atoms with Gasteiger partial charge in [-0.05, 0) is 30.0 Å². The largest absolute Gasteiger partial charge is 0.337 e. The zero-order valence-corrected chi connectivity index (χ0v) is 14.9. The van der Waals surface area contributed by atoms with Crippen LogP contribution < -0.4 is 5.56 Å². The average molecular weight is 363 g/mol. The van der Waals surface area contributed by atoms with Gasteiger partial charge in [0.15, 0.2) is 0 Å². The number of hydrogen-bond donors (Lipinski definition) is 2. The van der Waals surface area contributed by atoms with Crippen molar-refractivity contribution in [1.29, 1.82) is 0 Å². The minimum absolute atomic E-state index is 0.153. The molecular formula is C20H21N5O2. The van der Waals surface area contributed by atoms with Gasteiger partial charge in [0.2, 0.25) is 0 Å². The lowest BCUT2D eigenvalue weighted by Crippen LogP contribution is -2.40. The van der Waals surface area contributed by atoms with E-state index in [1.54, 1.807) is 0 Å². The predicted molar refractivity (Wildman–Crippen MR) is 101 cm³/mol. The lowest BCUT2D eigenvalue weighted by atomic mass is 9.90. The summed E-state index contributed by atoms with van der Waals surface area (Å²) in [6, 6.07) is 13.1. The van der Waals surface area contributed by atoms with Gasteiger partial charge in [-0.1, -0.05) is 30.3 Å². The van der Waals surface area contributed by atoms with Gasteiger partial charge in [0.05, 0.1) is 6.20 Å². The Kier molecular flexibility index (Phi) is 4.82. The molecule has 0 aliphatic carbocycles. The van der Waals surface area contributed by atoms with Crippen molar-refractivity contribution >= 4 is 5.91 Å². The van der Waals surface area contributed by atoms with Gasteiger partial charge in [0, 0.05) is 37.2 Å². The molecule has 3 heterocycles. The van der Waals surface area contributed by atoms with Crippen LogP contribution in [0.25, 0.3) is 0 Å². The van der Waals surface area contributed by atoms with Crippen molar-refractivity contribution in [1.82, 2.24) is 25.3 Å². The van der Waals surface area contributed by atoms with Crippen molar-refractivity contribution in [2.24, 2.45) is 0 Å². The Hall–Kier alpha value is -3.22. The highest BCUT2D eigenvalue weighted by Gasteiger charge is 2.28. The minimum Gasteiger partial charge on any atom is -0.337 e. The van der Waals surface area contributed by atoms with Crippen LogP contribution in [0, 0.1) is 0 Å². The van der Waals surface area contributed by atoms with Crippen molar-refractivity contribution in [2.45, 2.75) is 25.2 Å². The summed E-state index contributed by atoms with van der Waals surface area (Å²) in [7, 11) is 0. The first kappa shape index (κ1) is 17.2. The van der Waals surface area contributed by atoms with Gasteiger partial charge < -0.3 is 4.90 Å². The molecule has 1 aliphatic rings. The average Bonchev–Trinajstić information content (AvgIpc) is 3.17. The Labute approximate surface area is 156 Å². The summed E-state index contributed by atoms with van der Waals surface area (Å²) in [5.41, 5.74) is 3.46. The molecule has 0 bridgehead atoms. The van der Waals surface area contributed by atoms with E-state index in [1.807, 2.05) is 29.3 Å². The van der Waals surface area contributed by atoms with Crippen LogP contribution in [-0.2, 0) is 6.42 Å². The van der Waals surface area contributed by atoms with Crippen LogP contribution in [-0.4, -0.2) is 44.3 Å². The highest BCUT2D eigenvalue weighted by atomic mass is 16.2. The fraction of sp³-hybridized carbons (Fsp3) is 0.300. The molecule has 7 heteroatoms. The second-order valence-electron chi connectivity index (χ2n) is 6.87. The van der Waals surface area contributed by atoms with Crippen LogP contribution in [0.15, 0.2) is 53.5 Å². The van der Waals surface area contributed by atoms with Crippen molar-refractivity contribution < 1.29 is 4.79 Å². The molecule has 138 valence electrons. The van der Waals surface area contributed by atoms with Crippen molar-refractivity contribution in [3.05, 3.63) is 81.5 Å². The van der Waals surface area contributed by atoms with Crippen LogP contribution in [0.5, 0.6) is 0 Å². The SMILES string of the molecule is O=C(c1ccc(=O)[nH]n1)N1CCCC(c2[nH]ncc2Cc2ccccc2)C1. The third-order valence-corrected chi connectivity index (χ3v) is 5.00. The maximum absolute atomic E-state index is 12.7. The van der Waals surface area contributed by atoms with Crippen LogP contribution in [0.1, 0.15) is 46.1 Å². The summed E-state index contributed by atoms with van der Waals surface area (Å²) in [5.74, 6) is 0.0618. The standard InChI is InChI=1S/C20H21N5O2/c26-18-9-8-17(22-23-18)20(27)25-10-4-7-15(13-25)19-16(12-21-24-19)11-14-5-2-1-3-6-14/h1-3,5-6,8-9,12,15H,4,7,10-11,13H2,(H,21,24)(H,23,26). The number of amides is 1. The Morgan fingerprint density at radius 1 is 1.15 bits per heavy atom. The first-order chi connectivity index (χ1) is 13.2. The normalized spacial score (nSPS) is 17.0. The zero-order chi connectivity index (χ0) is 18.6. The Bertz CT molecular complexity index is 959. The maximum Gasteiger partial charge on any atom is 0.274 e. The first-order valence-corrected chi connectivity index (χ1v) is 9.12. The van der Waals surface area contributed by atoms with E-state index in [4.69, 9.17) is 0 Å². The predicted octanol–water partition coefficient (Wildman–Crippen LogP) is 2.10. The van der Waals surface area contributed by atoms with E-state index in [9.17, 15) is 9.59 Å². The van der Waals surface area contributed by atoms with Crippen LogP contribution in [0.3, 0.4) is 0 Å². The quantitative estimate of drug-likeness (QED) is 0.742. The van der Waals surface area contributed by atoms with E-state index < -0.39 is 0 Å². The van der Waals surface area contributed by atoms with Gasteiger partial charge in [0.1, 0.15) is 5.69 Å². The molecule has 3 aromatic rings. The number of piperidine rings is 1. The summed E-state index contributed by atoms with van der Waals surface area (Å²) in [5, 5.41) is 13.6. The Balaban J connectivity index is 1.50. The summed E-state index contributed by atoms with van der Waals surface area (Å²) in [6.07, 6.45) is 4.63. The minimum atomic E-state index is -0.314. The van der Waals surface area contributed by atoms with E-state index in [2.05, 4.69) is 32.5 Å². The molecule has 1 unspecified atom stereocenters. The molecule has 4 rings (SSSR count). The number of aromatic nitrogens is 4. The topological polar surface area (TPSA) is 94.7 Å². The lowest BCUT2D eigenvalue weighted by molar-refractivity contribution is 0.0698. The summed E-state index contributed by atoms with van der Waals surface area (Å²) >= 11 is 0. The summed E-state index contributed by atoms with van der Waals surface area (Å²) < 4.78 is 0. The molecule has 2 aromatic heterocycles. The molecule has 2 N–H and O–H groups in total. The van der Waals surface area contributed by atoms with Crippen molar-refractivity contribution in [2.75, 3.05) is 13.1 Å². The van der Waals surface area contributed by atoms with Gasteiger partial charge in [-0.15, -0.1) is 0 Å². The molecule has 0 radical (unpaired) electrons. The van der Waals surface area contributed by atoms with Crippen LogP contribution in [0.4, 0.5) is 0 Å². The number of benzene rings is 1. The number of carbonyl (C=O) groups is 1. The molecule has 1 fully saturated rings. The number of carbonyl (C=O) groups excluding carboxylic acids is 1. The molecule has 1 aromatic carbocycles. The zero-order valence-electron chi connectivity index (χ0n) is 14.9. The Morgan fingerprint density at radius 2 is 2.00 bits per heavy atom. The van der Waals surface area contributed by atoms with Gasteiger partial charge in [-0.3, -0.25) is 14.7 Å². The highest BCUT2D eigenvalue weighted by Crippen LogP contribution is 2.29. The Morgan fingerprint density at radius 3 is 2.78 bits per heavy atom. The van der Waals surface area contributed by atoms with Gasteiger partial charge in [0.25, 0.3) is 11.5 Å². The smallest absolute Gasteiger partial charge is 0.274 e. The lowest BCUT2D eigenvalue weighted by Gasteiger charge is -2.32. The fourth-order valence-corrected chi connectivity index (χ4v) is 3.65. The molecule has 27 heavy (non-hydrogen) atoms. The van der Waals surface area contributed by atoms with Gasteiger partial charge in [-0.2, -0.15) is 10.2 Å². The van der Waals surface area contributed by atoms with E-state index in [1.165, 1.54) is 23.3 Å². The number of nitrogens with zero attached hydrogens (tertiary/aromatic N) is 3. The number of H-pyrrole nitrogens is 2. The van der Waals surface area contributed by atoms with Crippen molar-refractivity contribution in [3.8, 4) is 0 Å². The first-order valence-electron chi connectivity index (χ1n) is 9.12. The van der Waals surface area contributed by atoms with E-state index >= 15 is 0 Å². The maximum atomic E-state index is 12.7. The molecule has 1 amide bonds. The molecule has 0 spiro atoms. The second-order valence-corrected chi connectivity index (χ2v) is 6.87. The van der Waals surface area contributed by atoms with Crippen molar-refractivity contribution in [3.63, 3.8) is 0 Å². The molecule has 0 saturated carbocycles. The monoisotopic (exact) mass is 363 g/mol. The summed E-state index contributed by atoms with van der Waals surface area (Å²) in [4.78, 5) is 25.7. The van der Waals surface area contributed by atoms with Crippen LogP contribution in [0.2, 0.25) is 0 Å². The summed E-state index contributed by atoms with van der Waals surface area (Å²) in [6.45, 7) is 1.31. The molecule has 7 nitrogen and oxygen atoms in total. The highest BCUT2D eigenvalue weighted by molar-refractivity contribution is 5.92. The van der Waals surface area contributed by atoms with Crippen LogP contribution >= 0.6 is 0 Å². The number of aromatic amines is 2. The number of likely N-dealkylation sites (tertiary alicyclic amines) is 1. The van der Waals surface area contributed by atoms with E-state index in [0.29, 0.717) is 13.1 Å². The van der Waals surface area contributed by atoms with Gasteiger partial charge >= 0.3 is 0 Å². The van der Waals surface area contributed by atoms with E-state index in [0.717, 1.165) is 25.0 Å². The molecule has 1 aliphatic heterocycles. The third-order valence-electron chi connectivity index (χ3n) is 5.00. The number of rotatable bonds is 4.